The smallest absolute Gasteiger partial charge is 0.273 e. The number of ether oxygens (including phenoxy) is 1. The Morgan fingerprint density at radius 3 is 2.84 bits per heavy atom. The van der Waals surface area contributed by atoms with Gasteiger partial charge in [0, 0.05) is 22.9 Å². The van der Waals surface area contributed by atoms with E-state index in [0.717, 1.165) is 16.1 Å². The van der Waals surface area contributed by atoms with Crippen molar-refractivity contribution < 1.29 is 13.9 Å². The van der Waals surface area contributed by atoms with Crippen LogP contribution in [0.1, 0.15) is 22.2 Å². The third kappa shape index (κ3) is 3.49. The van der Waals surface area contributed by atoms with Crippen LogP contribution >= 0.6 is 22.7 Å². The number of benzene rings is 1. The first kappa shape index (κ1) is 16.4. The molecular weight excluding hydrogens is 359 g/mol. The molecule has 25 heavy (non-hydrogen) atoms. The number of rotatable bonds is 3. The fourth-order valence-corrected chi connectivity index (χ4v) is 4.27. The second kappa shape index (κ2) is 7.03. The molecule has 1 atom stereocenters. The number of thiophene rings is 1. The van der Waals surface area contributed by atoms with Gasteiger partial charge in [-0.1, -0.05) is 12.1 Å². The lowest BCUT2D eigenvalue weighted by molar-refractivity contribution is -0.0230. The van der Waals surface area contributed by atoms with E-state index in [1.165, 1.54) is 23.5 Å². The highest BCUT2D eigenvalue weighted by molar-refractivity contribution is 7.14. The predicted molar refractivity (Wildman–Crippen MR) is 96.4 cm³/mol. The monoisotopic (exact) mass is 374 g/mol. The molecule has 1 saturated heterocycles. The molecule has 0 N–H and O–H groups in total. The van der Waals surface area contributed by atoms with Crippen LogP contribution in [0.25, 0.3) is 10.6 Å². The molecule has 1 amide bonds. The highest BCUT2D eigenvalue weighted by atomic mass is 32.1. The van der Waals surface area contributed by atoms with Gasteiger partial charge >= 0.3 is 0 Å². The first-order valence-electron chi connectivity index (χ1n) is 7.85. The van der Waals surface area contributed by atoms with E-state index < -0.39 is 0 Å². The lowest BCUT2D eigenvalue weighted by Crippen LogP contribution is -2.42. The summed E-state index contributed by atoms with van der Waals surface area (Å²) in [5.41, 5.74) is 2.38. The van der Waals surface area contributed by atoms with Crippen LogP contribution in [0.5, 0.6) is 0 Å². The van der Waals surface area contributed by atoms with Crippen LogP contribution in [0, 0.1) is 5.82 Å². The molecule has 3 heterocycles. The number of carbonyl (C=O) groups excluding carboxylic acids is 1. The highest BCUT2D eigenvalue weighted by Gasteiger charge is 2.27. The Labute approximate surface area is 152 Å². The van der Waals surface area contributed by atoms with Gasteiger partial charge < -0.3 is 9.64 Å². The van der Waals surface area contributed by atoms with E-state index in [4.69, 9.17) is 4.74 Å². The van der Waals surface area contributed by atoms with Crippen molar-refractivity contribution in [1.29, 1.82) is 0 Å². The zero-order valence-electron chi connectivity index (χ0n) is 13.2. The van der Waals surface area contributed by atoms with E-state index in [-0.39, 0.29) is 17.8 Å². The summed E-state index contributed by atoms with van der Waals surface area (Å²) in [6.45, 7) is 1.42. The topological polar surface area (TPSA) is 42.4 Å². The third-order valence-corrected chi connectivity index (χ3v) is 5.66. The Hall–Kier alpha value is -2.09. The number of carbonyl (C=O) groups is 1. The minimum Gasteiger partial charge on any atom is -0.370 e. The van der Waals surface area contributed by atoms with Crippen LogP contribution in [0.3, 0.4) is 0 Å². The summed E-state index contributed by atoms with van der Waals surface area (Å²) in [5.74, 6) is -0.371. The Morgan fingerprint density at radius 2 is 2.08 bits per heavy atom. The molecule has 0 aliphatic carbocycles. The lowest BCUT2D eigenvalue weighted by atomic mass is 10.1. The highest BCUT2D eigenvalue weighted by Crippen LogP contribution is 2.28. The molecule has 1 unspecified atom stereocenters. The number of nitrogens with zero attached hydrogens (tertiary/aromatic N) is 2. The van der Waals surface area contributed by atoms with E-state index in [0.29, 0.717) is 25.4 Å². The van der Waals surface area contributed by atoms with Crippen LogP contribution in [-0.4, -0.2) is 35.5 Å². The summed E-state index contributed by atoms with van der Waals surface area (Å²) in [4.78, 5) is 19.0. The van der Waals surface area contributed by atoms with E-state index in [2.05, 4.69) is 4.98 Å². The average molecular weight is 374 g/mol. The van der Waals surface area contributed by atoms with Gasteiger partial charge in [0.25, 0.3) is 5.91 Å². The van der Waals surface area contributed by atoms with Crippen molar-refractivity contribution in [3.63, 3.8) is 0 Å². The van der Waals surface area contributed by atoms with Crippen molar-refractivity contribution in [3.8, 4) is 10.6 Å². The van der Waals surface area contributed by atoms with Gasteiger partial charge in [-0.25, -0.2) is 9.37 Å². The zero-order chi connectivity index (χ0) is 17.2. The summed E-state index contributed by atoms with van der Waals surface area (Å²) < 4.78 is 18.8. The van der Waals surface area contributed by atoms with E-state index in [9.17, 15) is 9.18 Å². The van der Waals surface area contributed by atoms with Crippen molar-refractivity contribution in [1.82, 2.24) is 9.88 Å². The van der Waals surface area contributed by atoms with E-state index in [1.807, 2.05) is 16.8 Å². The van der Waals surface area contributed by atoms with Crippen molar-refractivity contribution in [2.75, 3.05) is 19.7 Å². The van der Waals surface area contributed by atoms with Crippen molar-refractivity contribution >= 4 is 28.6 Å². The molecule has 1 aliphatic rings. The lowest BCUT2D eigenvalue weighted by Gasteiger charge is -2.32. The number of morpholine rings is 1. The zero-order valence-corrected chi connectivity index (χ0v) is 14.9. The predicted octanol–water partition coefficient (Wildman–Crippen LogP) is 4.22. The number of thiazole rings is 1. The Morgan fingerprint density at radius 1 is 1.24 bits per heavy atom. The SMILES string of the molecule is O=C(c1csc(-c2ccsc2)n1)N1CCOC(c2ccc(F)cc2)C1. The summed E-state index contributed by atoms with van der Waals surface area (Å²) >= 11 is 3.08. The molecule has 0 bridgehead atoms. The van der Waals surface area contributed by atoms with Gasteiger partial charge in [0.05, 0.1) is 13.2 Å². The number of halogens is 1. The Kier molecular flexibility index (Phi) is 4.61. The molecule has 4 nitrogen and oxygen atoms in total. The second-order valence-electron chi connectivity index (χ2n) is 5.71. The molecule has 7 heteroatoms. The van der Waals surface area contributed by atoms with Crippen LogP contribution in [0.4, 0.5) is 4.39 Å². The second-order valence-corrected chi connectivity index (χ2v) is 7.35. The summed E-state index contributed by atoms with van der Waals surface area (Å²) in [7, 11) is 0. The van der Waals surface area contributed by atoms with Crippen molar-refractivity contribution in [2.45, 2.75) is 6.10 Å². The first-order valence-corrected chi connectivity index (χ1v) is 9.67. The molecule has 4 rings (SSSR count). The average Bonchev–Trinajstić information content (AvgIpc) is 3.33. The van der Waals surface area contributed by atoms with Gasteiger partial charge in [-0.05, 0) is 29.1 Å². The largest absolute Gasteiger partial charge is 0.370 e. The molecule has 1 aliphatic heterocycles. The maximum atomic E-state index is 13.1. The molecule has 3 aromatic rings. The molecular formula is C18H15FN2O2S2. The minimum absolute atomic E-state index is 0.0897. The van der Waals surface area contributed by atoms with Crippen LogP contribution in [0.2, 0.25) is 0 Å². The Bertz CT molecular complexity index is 862. The molecule has 0 radical (unpaired) electrons. The van der Waals surface area contributed by atoms with Gasteiger partial charge in [0.2, 0.25) is 0 Å². The molecule has 0 spiro atoms. The molecule has 128 valence electrons. The quantitative estimate of drug-likeness (QED) is 0.689. The number of hydrogen-bond donors (Lipinski definition) is 0. The van der Waals surface area contributed by atoms with Crippen LogP contribution < -0.4 is 0 Å². The maximum Gasteiger partial charge on any atom is 0.273 e. The molecule has 0 saturated carbocycles. The standard InChI is InChI=1S/C18H15FN2O2S2/c19-14-3-1-12(2-4-14)16-9-21(6-7-23-16)18(22)15-11-25-17(20-15)13-5-8-24-10-13/h1-5,8,10-11,16H,6-7,9H2. The van der Waals surface area contributed by atoms with Gasteiger partial charge in [-0.2, -0.15) is 11.3 Å². The summed E-state index contributed by atoms with van der Waals surface area (Å²) in [6.07, 6.45) is -0.242. The van der Waals surface area contributed by atoms with Crippen LogP contribution in [-0.2, 0) is 4.74 Å². The fourth-order valence-electron chi connectivity index (χ4n) is 2.77. The minimum atomic E-state index is -0.282. The fraction of sp³-hybridized carbons (Fsp3) is 0.222. The number of hydrogen-bond acceptors (Lipinski definition) is 5. The third-order valence-electron chi connectivity index (χ3n) is 4.09. The van der Waals surface area contributed by atoms with Gasteiger partial charge in [-0.3, -0.25) is 4.79 Å². The maximum absolute atomic E-state index is 13.1. The molecule has 1 fully saturated rings. The Balaban J connectivity index is 1.49. The number of amides is 1. The van der Waals surface area contributed by atoms with E-state index in [1.54, 1.807) is 33.7 Å². The normalized spacial score (nSPS) is 17.6. The van der Waals surface area contributed by atoms with E-state index >= 15 is 0 Å². The van der Waals surface area contributed by atoms with Gasteiger partial charge in [0.15, 0.2) is 0 Å². The summed E-state index contributed by atoms with van der Waals surface area (Å²) in [6, 6.07) is 8.22. The van der Waals surface area contributed by atoms with Crippen molar-refractivity contribution in [2.24, 2.45) is 0 Å². The van der Waals surface area contributed by atoms with Crippen molar-refractivity contribution in [3.05, 3.63) is 63.5 Å². The van der Waals surface area contributed by atoms with Crippen LogP contribution in [0.15, 0.2) is 46.5 Å². The van der Waals surface area contributed by atoms with Gasteiger partial charge in [-0.15, -0.1) is 11.3 Å². The molecule has 2 aromatic heterocycles. The molecule has 1 aromatic carbocycles. The summed E-state index contributed by atoms with van der Waals surface area (Å²) in [5, 5.41) is 6.67. The first-order chi connectivity index (χ1) is 12.2. The van der Waals surface area contributed by atoms with Gasteiger partial charge in [0.1, 0.15) is 22.6 Å². The number of aromatic nitrogens is 1.